The number of pyridine rings is 1. The molecule has 2 rings (SSSR count). The van der Waals surface area contributed by atoms with Crippen LogP contribution in [0.1, 0.15) is 13.8 Å². The Morgan fingerprint density at radius 3 is 2.76 bits per heavy atom. The van der Waals surface area contributed by atoms with Gasteiger partial charge in [-0.25, -0.2) is 4.79 Å². The summed E-state index contributed by atoms with van der Waals surface area (Å²) in [5.41, 5.74) is 0.649. The molecule has 0 fully saturated rings. The number of benzene rings is 1. The van der Waals surface area contributed by atoms with E-state index in [4.69, 9.17) is 9.47 Å². The molecule has 4 heteroatoms. The summed E-state index contributed by atoms with van der Waals surface area (Å²) in [6.07, 6.45) is 0.742. The number of hydrogen-bond donors (Lipinski definition) is 0. The minimum Gasteiger partial charge on any atom is -0.431 e. The first-order chi connectivity index (χ1) is 8.16. The summed E-state index contributed by atoms with van der Waals surface area (Å²) in [7, 11) is 0. The van der Waals surface area contributed by atoms with Crippen molar-refractivity contribution in [1.82, 2.24) is 4.98 Å². The van der Waals surface area contributed by atoms with Crippen LogP contribution >= 0.6 is 0 Å². The molecule has 0 spiro atoms. The quantitative estimate of drug-likeness (QED) is 0.588. The van der Waals surface area contributed by atoms with Gasteiger partial charge in [0, 0.05) is 11.6 Å². The van der Waals surface area contributed by atoms with Gasteiger partial charge in [0.1, 0.15) is 5.52 Å². The molecule has 0 N–H and O–H groups in total. The number of para-hydroxylation sites is 1. The SMILES string of the molecule is CC(C)OC(=O)Oc1cccc2cccnc12. The predicted molar refractivity (Wildman–Crippen MR) is 64.0 cm³/mol. The Hall–Kier alpha value is -2.10. The van der Waals surface area contributed by atoms with Crippen LogP contribution in [0.3, 0.4) is 0 Å². The van der Waals surface area contributed by atoms with Crippen LogP contribution in [0, 0.1) is 0 Å². The molecule has 17 heavy (non-hydrogen) atoms. The van der Waals surface area contributed by atoms with Crippen LogP contribution in [0.2, 0.25) is 0 Å². The predicted octanol–water partition coefficient (Wildman–Crippen LogP) is 3.16. The number of hydrogen-bond acceptors (Lipinski definition) is 4. The lowest BCUT2D eigenvalue weighted by Crippen LogP contribution is -2.15. The van der Waals surface area contributed by atoms with E-state index in [0.29, 0.717) is 11.3 Å². The topological polar surface area (TPSA) is 48.4 Å². The first-order valence-electron chi connectivity index (χ1n) is 5.39. The summed E-state index contributed by atoms with van der Waals surface area (Å²) < 4.78 is 10.0. The third-order valence-corrected chi connectivity index (χ3v) is 2.12. The number of rotatable bonds is 2. The van der Waals surface area contributed by atoms with Gasteiger partial charge in [-0.3, -0.25) is 4.98 Å². The van der Waals surface area contributed by atoms with Crippen molar-refractivity contribution in [2.75, 3.05) is 0 Å². The van der Waals surface area contributed by atoms with Crippen molar-refractivity contribution in [2.45, 2.75) is 20.0 Å². The fourth-order valence-corrected chi connectivity index (χ4v) is 1.46. The number of fused-ring (bicyclic) bond motifs is 1. The molecule has 2 aromatic rings. The van der Waals surface area contributed by atoms with Gasteiger partial charge in [-0.05, 0) is 26.0 Å². The maximum absolute atomic E-state index is 11.4. The van der Waals surface area contributed by atoms with E-state index in [1.807, 2.05) is 24.3 Å². The summed E-state index contributed by atoms with van der Waals surface area (Å²) in [5, 5.41) is 0.919. The molecule has 0 unspecified atom stereocenters. The lowest BCUT2D eigenvalue weighted by molar-refractivity contribution is 0.0733. The lowest BCUT2D eigenvalue weighted by atomic mass is 10.2. The molecule has 0 radical (unpaired) electrons. The normalized spacial score (nSPS) is 10.5. The number of nitrogens with zero attached hydrogens (tertiary/aromatic N) is 1. The molecule has 0 saturated heterocycles. The average molecular weight is 231 g/mol. The van der Waals surface area contributed by atoms with Gasteiger partial charge in [-0.2, -0.15) is 0 Å². The third kappa shape index (κ3) is 2.72. The molecule has 0 amide bonds. The summed E-state index contributed by atoms with van der Waals surface area (Å²) in [5.74, 6) is 0.411. The second-order valence-corrected chi connectivity index (χ2v) is 3.85. The fourth-order valence-electron chi connectivity index (χ4n) is 1.46. The zero-order valence-electron chi connectivity index (χ0n) is 9.71. The molecule has 1 aromatic carbocycles. The monoisotopic (exact) mass is 231 g/mol. The molecular formula is C13H13NO3. The van der Waals surface area contributed by atoms with Gasteiger partial charge < -0.3 is 9.47 Å². The molecule has 4 nitrogen and oxygen atoms in total. The smallest absolute Gasteiger partial charge is 0.431 e. The number of ether oxygens (including phenoxy) is 2. The van der Waals surface area contributed by atoms with Gasteiger partial charge >= 0.3 is 6.16 Å². The van der Waals surface area contributed by atoms with Gasteiger partial charge in [0.25, 0.3) is 0 Å². The highest BCUT2D eigenvalue weighted by molar-refractivity contribution is 5.85. The van der Waals surface area contributed by atoms with Crippen molar-refractivity contribution in [2.24, 2.45) is 0 Å². The van der Waals surface area contributed by atoms with Crippen LogP contribution in [0.15, 0.2) is 36.5 Å². The van der Waals surface area contributed by atoms with Gasteiger partial charge in [0.15, 0.2) is 5.75 Å². The molecule has 0 aliphatic rings. The second kappa shape index (κ2) is 4.82. The van der Waals surface area contributed by atoms with Crippen molar-refractivity contribution in [3.05, 3.63) is 36.5 Å². The molecular weight excluding hydrogens is 218 g/mol. The van der Waals surface area contributed by atoms with E-state index in [1.54, 1.807) is 26.1 Å². The Balaban J connectivity index is 2.27. The van der Waals surface area contributed by atoms with Crippen molar-refractivity contribution in [1.29, 1.82) is 0 Å². The van der Waals surface area contributed by atoms with Gasteiger partial charge in [0.05, 0.1) is 6.10 Å². The number of carbonyl (C=O) groups is 1. The van der Waals surface area contributed by atoms with Crippen LogP contribution in [-0.4, -0.2) is 17.2 Å². The molecule has 1 aromatic heterocycles. The summed E-state index contributed by atoms with van der Waals surface area (Å²) >= 11 is 0. The highest BCUT2D eigenvalue weighted by Crippen LogP contribution is 2.23. The Labute approximate surface area is 99.2 Å². The van der Waals surface area contributed by atoms with Crippen molar-refractivity contribution in [3.8, 4) is 5.75 Å². The van der Waals surface area contributed by atoms with Crippen molar-refractivity contribution < 1.29 is 14.3 Å². The van der Waals surface area contributed by atoms with Crippen molar-refractivity contribution >= 4 is 17.1 Å². The Morgan fingerprint density at radius 2 is 2.00 bits per heavy atom. The summed E-state index contributed by atoms with van der Waals surface area (Å²) in [6.45, 7) is 3.53. The molecule has 1 heterocycles. The molecule has 0 saturated carbocycles. The maximum Gasteiger partial charge on any atom is 0.514 e. The first kappa shape index (κ1) is 11.4. The van der Waals surface area contributed by atoms with E-state index >= 15 is 0 Å². The highest BCUT2D eigenvalue weighted by Gasteiger charge is 2.11. The number of aromatic nitrogens is 1. The molecule has 88 valence electrons. The number of carbonyl (C=O) groups excluding carboxylic acids is 1. The van der Waals surface area contributed by atoms with Crippen LogP contribution in [0.4, 0.5) is 4.79 Å². The molecule has 0 bridgehead atoms. The zero-order chi connectivity index (χ0) is 12.3. The van der Waals surface area contributed by atoms with Crippen LogP contribution in [0.25, 0.3) is 10.9 Å². The molecule has 0 atom stereocenters. The fraction of sp³-hybridized carbons (Fsp3) is 0.231. The maximum atomic E-state index is 11.4. The Kier molecular flexibility index (Phi) is 3.23. The zero-order valence-corrected chi connectivity index (χ0v) is 9.71. The van der Waals surface area contributed by atoms with E-state index in [1.165, 1.54) is 0 Å². The van der Waals surface area contributed by atoms with E-state index in [2.05, 4.69) is 4.98 Å². The van der Waals surface area contributed by atoms with E-state index in [0.717, 1.165) is 5.39 Å². The second-order valence-electron chi connectivity index (χ2n) is 3.85. The van der Waals surface area contributed by atoms with Gasteiger partial charge in [-0.15, -0.1) is 0 Å². The van der Waals surface area contributed by atoms with E-state index in [9.17, 15) is 4.79 Å². The summed E-state index contributed by atoms with van der Waals surface area (Å²) in [4.78, 5) is 15.6. The van der Waals surface area contributed by atoms with Crippen molar-refractivity contribution in [3.63, 3.8) is 0 Å². The highest BCUT2D eigenvalue weighted by atomic mass is 16.7. The van der Waals surface area contributed by atoms with E-state index in [-0.39, 0.29) is 6.10 Å². The van der Waals surface area contributed by atoms with Crippen LogP contribution in [-0.2, 0) is 4.74 Å². The minimum absolute atomic E-state index is 0.203. The first-order valence-corrected chi connectivity index (χ1v) is 5.39. The third-order valence-electron chi connectivity index (χ3n) is 2.12. The Bertz CT molecular complexity index is 532. The minimum atomic E-state index is -0.710. The average Bonchev–Trinajstić information content (AvgIpc) is 2.28. The van der Waals surface area contributed by atoms with Gasteiger partial charge in [-0.1, -0.05) is 18.2 Å². The van der Waals surface area contributed by atoms with Crippen LogP contribution in [0.5, 0.6) is 5.75 Å². The molecule has 0 aliphatic carbocycles. The van der Waals surface area contributed by atoms with E-state index < -0.39 is 6.16 Å². The van der Waals surface area contributed by atoms with Crippen LogP contribution < -0.4 is 4.74 Å². The van der Waals surface area contributed by atoms with Gasteiger partial charge in [0.2, 0.25) is 0 Å². The standard InChI is InChI=1S/C13H13NO3/c1-9(2)16-13(15)17-11-7-3-5-10-6-4-8-14-12(10)11/h3-9H,1-2H3. The lowest BCUT2D eigenvalue weighted by Gasteiger charge is -2.09. The summed E-state index contributed by atoms with van der Waals surface area (Å²) in [6, 6.07) is 9.14. The molecule has 0 aliphatic heterocycles. The largest absolute Gasteiger partial charge is 0.514 e. The Morgan fingerprint density at radius 1 is 1.24 bits per heavy atom.